The molecule has 2 fully saturated rings. The van der Waals surface area contributed by atoms with Crippen LogP contribution in [0.4, 0.5) is 11.6 Å². The molecule has 27 heavy (non-hydrogen) atoms. The standard InChI is InChI=1S/C20H25ClN4O2/c21-16-6-4-15(5-7-16)18-12-24(9-10-27-18)19-11-20(23-14-22-19)25-8-2-1-3-17(25)13-26/h4-7,11,14,17-18,26H,1-3,8-10,12-13H2. The van der Waals surface area contributed by atoms with Crippen LogP contribution >= 0.6 is 11.6 Å². The molecule has 0 aliphatic carbocycles. The number of ether oxygens (including phenoxy) is 1. The summed E-state index contributed by atoms with van der Waals surface area (Å²) in [5.74, 6) is 1.80. The lowest BCUT2D eigenvalue weighted by atomic mass is 10.0. The van der Waals surface area contributed by atoms with Gasteiger partial charge in [-0.2, -0.15) is 0 Å². The zero-order valence-corrected chi connectivity index (χ0v) is 16.1. The third kappa shape index (κ3) is 4.18. The van der Waals surface area contributed by atoms with E-state index in [0.29, 0.717) is 6.61 Å². The number of halogens is 1. The first-order valence-corrected chi connectivity index (χ1v) is 9.94. The zero-order valence-electron chi connectivity index (χ0n) is 15.3. The van der Waals surface area contributed by atoms with Crippen molar-refractivity contribution < 1.29 is 9.84 Å². The molecule has 2 aromatic rings. The first-order valence-electron chi connectivity index (χ1n) is 9.56. The highest BCUT2D eigenvalue weighted by Crippen LogP contribution is 2.29. The molecule has 2 unspecified atom stereocenters. The molecule has 6 nitrogen and oxygen atoms in total. The van der Waals surface area contributed by atoms with Gasteiger partial charge in [-0.05, 0) is 37.0 Å². The highest BCUT2D eigenvalue weighted by Gasteiger charge is 2.26. The maximum Gasteiger partial charge on any atom is 0.134 e. The lowest BCUT2D eigenvalue weighted by Crippen LogP contribution is -2.43. The van der Waals surface area contributed by atoms with E-state index in [9.17, 15) is 5.11 Å². The van der Waals surface area contributed by atoms with Crippen molar-refractivity contribution in [3.05, 3.63) is 47.2 Å². The first kappa shape index (κ1) is 18.5. The van der Waals surface area contributed by atoms with Crippen LogP contribution in [0.2, 0.25) is 5.02 Å². The topological polar surface area (TPSA) is 61.7 Å². The molecule has 1 aromatic heterocycles. The van der Waals surface area contributed by atoms with E-state index in [1.54, 1.807) is 6.33 Å². The van der Waals surface area contributed by atoms with E-state index in [0.717, 1.165) is 61.1 Å². The Labute approximate surface area is 164 Å². The Hall–Kier alpha value is -1.89. The number of aliphatic hydroxyl groups excluding tert-OH is 1. The van der Waals surface area contributed by atoms with E-state index in [4.69, 9.17) is 16.3 Å². The number of aromatic nitrogens is 2. The van der Waals surface area contributed by atoms with E-state index in [1.165, 1.54) is 0 Å². The predicted molar refractivity (Wildman–Crippen MR) is 106 cm³/mol. The second kappa shape index (κ2) is 8.42. The normalized spacial score (nSPS) is 23.5. The monoisotopic (exact) mass is 388 g/mol. The fourth-order valence-corrected chi connectivity index (χ4v) is 4.02. The van der Waals surface area contributed by atoms with E-state index < -0.39 is 0 Å². The van der Waals surface area contributed by atoms with Crippen LogP contribution in [0.25, 0.3) is 0 Å². The predicted octanol–water partition coefficient (Wildman–Crippen LogP) is 3.06. The van der Waals surface area contributed by atoms with Crippen molar-refractivity contribution in [1.29, 1.82) is 0 Å². The van der Waals surface area contributed by atoms with E-state index in [-0.39, 0.29) is 18.8 Å². The van der Waals surface area contributed by atoms with Crippen molar-refractivity contribution in [3.8, 4) is 0 Å². The lowest BCUT2D eigenvalue weighted by Gasteiger charge is -2.37. The number of piperidine rings is 1. The van der Waals surface area contributed by atoms with Gasteiger partial charge in [0.1, 0.15) is 24.1 Å². The summed E-state index contributed by atoms with van der Waals surface area (Å²) in [6.07, 6.45) is 4.92. The number of benzene rings is 1. The average Bonchev–Trinajstić information content (AvgIpc) is 2.74. The van der Waals surface area contributed by atoms with Crippen LogP contribution in [0.5, 0.6) is 0 Å². The Balaban J connectivity index is 1.52. The summed E-state index contributed by atoms with van der Waals surface area (Å²) in [5, 5.41) is 10.4. The Morgan fingerprint density at radius 3 is 2.74 bits per heavy atom. The number of hydrogen-bond acceptors (Lipinski definition) is 6. The van der Waals surface area contributed by atoms with Crippen LogP contribution in [0.1, 0.15) is 30.9 Å². The molecule has 0 spiro atoms. The molecule has 3 heterocycles. The minimum Gasteiger partial charge on any atom is -0.394 e. The smallest absolute Gasteiger partial charge is 0.134 e. The van der Waals surface area contributed by atoms with Crippen molar-refractivity contribution in [2.24, 2.45) is 0 Å². The average molecular weight is 389 g/mol. The molecule has 2 atom stereocenters. The van der Waals surface area contributed by atoms with Gasteiger partial charge in [0.15, 0.2) is 0 Å². The van der Waals surface area contributed by atoms with Crippen molar-refractivity contribution in [1.82, 2.24) is 9.97 Å². The van der Waals surface area contributed by atoms with E-state index in [2.05, 4.69) is 19.8 Å². The zero-order chi connectivity index (χ0) is 18.6. The highest BCUT2D eigenvalue weighted by atomic mass is 35.5. The van der Waals surface area contributed by atoms with Crippen LogP contribution in [-0.2, 0) is 4.74 Å². The Morgan fingerprint density at radius 2 is 1.93 bits per heavy atom. The molecule has 0 radical (unpaired) electrons. The van der Waals surface area contributed by atoms with Gasteiger partial charge >= 0.3 is 0 Å². The SMILES string of the molecule is OCC1CCCCN1c1cc(N2CCOC(c3ccc(Cl)cc3)C2)ncn1. The van der Waals surface area contributed by atoms with Crippen LogP contribution in [-0.4, -0.2) is 54.0 Å². The van der Waals surface area contributed by atoms with Crippen LogP contribution in [0.3, 0.4) is 0 Å². The number of anilines is 2. The molecule has 2 aliphatic heterocycles. The third-order valence-corrected chi connectivity index (χ3v) is 5.65. The van der Waals surface area contributed by atoms with Crippen molar-refractivity contribution in [2.45, 2.75) is 31.4 Å². The largest absolute Gasteiger partial charge is 0.394 e. The van der Waals surface area contributed by atoms with Gasteiger partial charge in [0.05, 0.1) is 19.3 Å². The van der Waals surface area contributed by atoms with Gasteiger partial charge in [-0.25, -0.2) is 9.97 Å². The molecule has 4 rings (SSSR count). The van der Waals surface area contributed by atoms with Crippen molar-refractivity contribution >= 4 is 23.2 Å². The van der Waals surface area contributed by atoms with Crippen LogP contribution in [0.15, 0.2) is 36.7 Å². The van der Waals surface area contributed by atoms with Gasteiger partial charge in [0, 0.05) is 30.7 Å². The summed E-state index contributed by atoms with van der Waals surface area (Å²) in [5.41, 5.74) is 1.12. The minimum atomic E-state index is -0.00499. The first-order chi connectivity index (χ1) is 13.2. The lowest BCUT2D eigenvalue weighted by molar-refractivity contribution is 0.0395. The highest BCUT2D eigenvalue weighted by molar-refractivity contribution is 6.30. The molecule has 2 saturated heterocycles. The second-order valence-electron chi connectivity index (χ2n) is 7.12. The van der Waals surface area contributed by atoms with Crippen LogP contribution in [0, 0.1) is 0 Å². The molecule has 1 aromatic carbocycles. The maximum atomic E-state index is 9.70. The van der Waals surface area contributed by atoms with Gasteiger partial charge in [0.2, 0.25) is 0 Å². The Bertz CT molecular complexity index is 758. The summed E-state index contributed by atoms with van der Waals surface area (Å²) < 4.78 is 5.96. The molecule has 144 valence electrons. The fourth-order valence-electron chi connectivity index (χ4n) is 3.90. The van der Waals surface area contributed by atoms with Gasteiger partial charge in [-0.3, -0.25) is 0 Å². The quantitative estimate of drug-likeness (QED) is 0.868. The number of morpholine rings is 1. The van der Waals surface area contributed by atoms with Crippen LogP contribution < -0.4 is 9.80 Å². The molecule has 0 bridgehead atoms. The molecular formula is C20H25ClN4O2. The Morgan fingerprint density at radius 1 is 1.11 bits per heavy atom. The maximum absolute atomic E-state index is 9.70. The summed E-state index contributed by atoms with van der Waals surface area (Å²) in [6.45, 7) is 3.27. The molecule has 2 aliphatic rings. The fraction of sp³-hybridized carbons (Fsp3) is 0.500. The molecule has 0 amide bonds. The third-order valence-electron chi connectivity index (χ3n) is 5.40. The van der Waals surface area contributed by atoms with E-state index >= 15 is 0 Å². The number of rotatable bonds is 4. The summed E-state index contributed by atoms with van der Waals surface area (Å²) in [7, 11) is 0. The van der Waals surface area contributed by atoms with Crippen molar-refractivity contribution in [2.75, 3.05) is 42.6 Å². The number of aliphatic hydroxyl groups is 1. The Kier molecular flexibility index (Phi) is 5.76. The van der Waals surface area contributed by atoms with Gasteiger partial charge in [-0.1, -0.05) is 23.7 Å². The van der Waals surface area contributed by atoms with E-state index in [1.807, 2.05) is 30.3 Å². The van der Waals surface area contributed by atoms with Gasteiger partial charge in [-0.15, -0.1) is 0 Å². The molecule has 1 N–H and O–H groups in total. The number of nitrogens with zero attached hydrogens (tertiary/aromatic N) is 4. The molecule has 0 saturated carbocycles. The molecule has 7 heteroatoms. The summed E-state index contributed by atoms with van der Waals surface area (Å²) >= 11 is 6.00. The minimum absolute atomic E-state index is 0.00499. The summed E-state index contributed by atoms with van der Waals surface area (Å²) in [6, 6.07) is 10.0. The number of hydrogen-bond donors (Lipinski definition) is 1. The van der Waals surface area contributed by atoms with Gasteiger partial charge < -0.3 is 19.6 Å². The van der Waals surface area contributed by atoms with Gasteiger partial charge in [0.25, 0.3) is 0 Å². The summed E-state index contributed by atoms with van der Waals surface area (Å²) in [4.78, 5) is 13.4. The second-order valence-corrected chi connectivity index (χ2v) is 7.55. The van der Waals surface area contributed by atoms with Crippen molar-refractivity contribution in [3.63, 3.8) is 0 Å². The molecular weight excluding hydrogens is 364 g/mol.